The summed E-state index contributed by atoms with van der Waals surface area (Å²) in [4.78, 5) is 16.6. The fourth-order valence-electron chi connectivity index (χ4n) is 2.31. The lowest BCUT2D eigenvalue weighted by atomic mass is 10.1. The molecule has 5 heteroatoms. The Kier molecular flexibility index (Phi) is 3.73. The molecular formula is C16H13ClN2O2. The maximum atomic E-state index is 12.3. The molecule has 0 spiro atoms. The van der Waals surface area contributed by atoms with Gasteiger partial charge in [-0.1, -0.05) is 41.9 Å². The van der Waals surface area contributed by atoms with E-state index in [0.717, 1.165) is 5.52 Å². The minimum absolute atomic E-state index is 0.0282. The van der Waals surface area contributed by atoms with Crippen molar-refractivity contribution in [1.29, 1.82) is 0 Å². The number of nitrogens with zero attached hydrogens (tertiary/aromatic N) is 2. The van der Waals surface area contributed by atoms with Gasteiger partial charge in [0, 0.05) is 10.6 Å². The van der Waals surface area contributed by atoms with Gasteiger partial charge in [-0.2, -0.15) is 0 Å². The van der Waals surface area contributed by atoms with E-state index >= 15 is 0 Å². The SMILES string of the molecule is O=C(Cn1c(CO)nc2cc(Cl)ccc21)c1ccccc1. The molecule has 1 N–H and O–H groups in total. The van der Waals surface area contributed by atoms with Crippen molar-refractivity contribution < 1.29 is 9.90 Å². The zero-order valence-electron chi connectivity index (χ0n) is 11.2. The Morgan fingerprint density at radius 1 is 1.19 bits per heavy atom. The summed E-state index contributed by atoms with van der Waals surface area (Å²) in [5.41, 5.74) is 2.09. The van der Waals surface area contributed by atoms with E-state index in [1.54, 1.807) is 28.8 Å². The van der Waals surface area contributed by atoms with Gasteiger partial charge in [0.15, 0.2) is 5.78 Å². The molecule has 0 fully saturated rings. The number of carbonyl (C=O) groups excluding carboxylic acids is 1. The van der Waals surface area contributed by atoms with Gasteiger partial charge in [0.05, 0.1) is 17.6 Å². The summed E-state index contributed by atoms with van der Waals surface area (Å²) in [5, 5.41) is 10.0. The molecule has 0 unspecified atom stereocenters. The number of rotatable bonds is 4. The van der Waals surface area contributed by atoms with Crippen LogP contribution in [0.3, 0.4) is 0 Å². The minimum atomic E-state index is -0.228. The summed E-state index contributed by atoms with van der Waals surface area (Å²) in [6, 6.07) is 14.3. The highest BCUT2D eigenvalue weighted by Gasteiger charge is 2.14. The summed E-state index contributed by atoms with van der Waals surface area (Å²) >= 11 is 5.95. The molecule has 0 atom stereocenters. The Morgan fingerprint density at radius 2 is 1.95 bits per heavy atom. The Balaban J connectivity index is 2.02. The average Bonchev–Trinajstić information content (AvgIpc) is 2.85. The molecule has 0 bridgehead atoms. The van der Waals surface area contributed by atoms with Crippen LogP contribution in [0.5, 0.6) is 0 Å². The molecule has 0 aliphatic heterocycles. The van der Waals surface area contributed by atoms with Crippen LogP contribution < -0.4 is 0 Å². The van der Waals surface area contributed by atoms with Gasteiger partial charge in [0.2, 0.25) is 0 Å². The van der Waals surface area contributed by atoms with E-state index in [2.05, 4.69) is 4.98 Å². The van der Waals surface area contributed by atoms with Gasteiger partial charge < -0.3 is 9.67 Å². The topological polar surface area (TPSA) is 55.1 Å². The van der Waals surface area contributed by atoms with Gasteiger partial charge in [-0.3, -0.25) is 4.79 Å². The van der Waals surface area contributed by atoms with Crippen LogP contribution in [0.2, 0.25) is 5.02 Å². The molecule has 1 aromatic heterocycles. The lowest BCUT2D eigenvalue weighted by molar-refractivity contribution is 0.0970. The quantitative estimate of drug-likeness (QED) is 0.753. The fraction of sp³-hybridized carbons (Fsp3) is 0.125. The molecule has 3 aromatic rings. The maximum Gasteiger partial charge on any atom is 0.182 e. The number of hydrogen-bond acceptors (Lipinski definition) is 3. The van der Waals surface area contributed by atoms with Gasteiger partial charge in [0.1, 0.15) is 12.4 Å². The number of Topliss-reactive ketones (excluding diaryl/α,β-unsaturated/α-hetero) is 1. The second-order valence-corrected chi connectivity index (χ2v) is 5.13. The number of fused-ring (bicyclic) bond motifs is 1. The minimum Gasteiger partial charge on any atom is -0.388 e. The highest BCUT2D eigenvalue weighted by atomic mass is 35.5. The van der Waals surface area contributed by atoms with Crippen LogP contribution in [0.25, 0.3) is 11.0 Å². The number of halogens is 1. The molecule has 0 amide bonds. The Bertz CT molecular complexity index is 797. The molecule has 0 saturated carbocycles. The van der Waals surface area contributed by atoms with E-state index in [4.69, 9.17) is 11.6 Å². The van der Waals surface area contributed by atoms with E-state index in [0.29, 0.717) is 21.9 Å². The Morgan fingerprint density at radius 3 is 2.67 bits per heavy atom. The van der Waals surface area contributed by atoms with E-state index in [-0.39, 0.29) is 18.9 Å². The maximum absolute atomic E-state index is 12.3. The second-order valence-electron chi connectivity index (χ2n) is 4.69. The van der Waals surface area contributed by atoms with E-state index in [1.165, 1.54) is 0 Å². The van der Waals surface area contributed by atoms with Crippen LogP contribution in [0.15, 0.2) is 48.5 Å². The summed E-state index contributed by atoms with van der Waals surface area (Å²) in [5.74, 6) is 0.427. The predicted octanol–water partition coefficient (Wildman–Crippen LogP) is 3.06. The molecule has 1 heterocycles. The van der Waals surface area contributed by atoms with Gasteiger partial charge in [0.25, 0.3) is 0 Å². The smallest absolute Gasteiger partial charge is 0.182 e. The summed E-state index contributed by atoms with van der Waals surface area (Å²) in [6.45, 7) is -0.0909. The van der Waals surface area contributed by atoms with E-state index < -0.39 is 0 Å². The average molecular weight is 301 g/mol. The van der Waals surface area contributed by atoms with Crippen LogP contribution in [0.1, 0.15) is 16.2 Å². The fourth-order valence-corrected chi connectivity index (χ4v) is 2.48. The predicted molar refractivity (Wildman–Crippen MR) is 81.4 cm³/mol. The third-order valence-electron chi connectivity index (χ3n) is 3.33. The number of carbonyl (C=O) groups is 1. The molecular weight excluding hydrogens is 288 g/mol. The molecule has 0 radical (unpaired) electrons. The van der Waals surface area contributed by atoms with Gasteiger partial charge in [-0.15, -0.1) is 0 Å². The van der Waals surface area contributed by atoms with E-state index in [1.807, 2.05) is 24.3 Å². The second kappa shape index (κ2) is 5.68. The lowest BCUT2D eigenvalue weighted by Crippen LogP contribution is -2.13. The number of imidazole rings is 1. The third kappa shape index (κ3) is 2.68. The first-order valence-electron chi connectivity index (χ1n) is 6.53. The van der Waals surface area contributed by atoms with Crippen molar-refractivity contribution in [3.63, 3.8) is 0 Å². The molecule has 0 aliphatic rings. The van der Waals surface area contributed by atoms with Crippen LogP contribution in [0.4, 0.5) is 0 Å². The van der Waals surface area contributed by atoms with Crippen LogP contribution >= 0.6 is 11.6 Å². The highest BCUT2D eigenvalue weighted by Crippen LogP contribution is 2.21. The summed E-state index contributed by atoms with van der Waals surface area (Å²) < 4.78 is 1.72. The number of aliphatic hydroxyl groups excluding tert-OH is 1. The van der Waals surface area contributed by atoms with Crippen molar-refractivity contribution in [3.8, 4) is 0 Å². The van der Waals surface area contributed by atoms with Gasteiger partial charge in [-0.25, -0.2) is 4.98 Å². The first kappa shape index (κ1) is 13.8. The first-order valence-corrected chi connectivity index (χ1v) is 6.90. The lowest BCUT2D eigenvalue weighted by Gasteiger charge is -2.07. The molecule has 2 aromatic carbocycles. The monoisotopic (exact) mass is 300 g/mol. The van der Waals surface area contributed by atoms with Crippen molar-refractivity contribution >= 4 is 28.4 Å². The Hall–Kier alpha value is -2.17. The van der Waals surface area contributed by atoms with Crippen LogP contribution in [0, 0.1) is 0 Å². The normalized spacial score (nSPS) is 11.0. The molecule has 4 nitrogen and oxygen atoms in total. The largest absolute Gasteiger partial charge is 0.388 e. The highest BCUT2D eigenvalue weighted by molar-refractivity contribution is 6.31. The Labute approximate surface area is 126 Å². The number of aliphatic hydroxyl groups is 1. The first-order chi connectivity index (χ1) is 10.2. The standard InChI is InChI=1S/C16H13ClN2O2/c17-12-6-7-14-13(8-12)18-16(10-20)19(14)9-15(21)11-4-2-1-3-5-11/h1-8,20H,9-10H2. The number of aromatic nitrogens is 2. The van der Waals surface area contributed by atoms with Crippen molar-refractivity contribution in [2.24, 2.45) is 0 Å². The number of benzene rings is 2. The summed E-state index contributed by atoms with van der Waals surface area (Å²) in [7, 11) is 0. The van der Waals surface area contributed by atoms with Crippen LogP contribution in [-0.2, 0) is 13.2 Å². The molecule has 0 aliphatic carbocycles. The molecule has 21 heavy (non-hydrogen) atoms. The van der Waals surface area contributed by atoms with E-state index in [9.17, 15) is 9.90 Å². The van der Waals surface area contributed by atoms with Crippen molar-refractivity contribution in [2.75, 3.05) is 0 Å². The van der Waals surface area contributed by atoms with Crippen LogP contribution in [-0.4, -0.2) is 20.4 Å². The number of hydrogen-bond donors (Lipinski definition) is 1. The van der Waals surface area contributed by atoms with Crippen molar-refractivity contribution in [1.82, 2.24) is 9.55 Å². The third-order valence-corrected chi connectivity index (χ3v) is 3.56. The summed E-state index contributed by atoms with van der Waals surface area (Å²) in [6.07, 6.45) is 0. The molecule has 0 saturated heterocycles. The van der Waals surface area contributed by atoms with Crippen molar-refractivity contribution in [3.05, 3.63) is 64.9 Å². The van der Waals surface area contributed by atoms with Gasteiger partial charge in [-0.05, 0) is 18.2 Å². The zero-order valence-corrected chi connectivity index (χ0v) is 11.9. The zero-order chi connectivity index (χ0) is 14.8. The molecule has 3 rings (SSSR count). The molecule has 106 valence electrons. The van der Waals surface area contributed by atoms with Crippen molar-refractivity contribution in [2.45, 2.75) is 13.2 Å². The number of ketones is 1. The van der Waals surface area contributed by atoms with Gasteiger partial charge >= 0.3 is 0 Å².